The van der Waals surface area contributed by atoms with E-state index in [0.29, 0.717) is 11.7 Å². The maximum atomic E-state index is 11.9. The van der Waals surface area contributed by atoms with Crippen molar-refractivity contribution in [1.29, 1.82) is 0 Å². The molecule has 1 N–H and O–H groups in total. The van der Waals surface area contributed by atoms with Crippen LogP contribution in [-0.4, -0.2) is 32.5 Å². The molecule has 3 heterocycles. The van der Waals surface area contributed by atoms with Crippen molar-refractivity contribution in [2.24, 2.45) is 13.0 Å². The zero-order chi connectivity index (χ0) is 17.6. The van der Waals surface area contributed by atoms with Crippen LogP contribution in [0.5, 0.6) is 5.88 Å². The Morgan fingerprint density at radius 3 is 2.80 bits per heavy atom. The number of hydrogen-bond donors (Lipinski definition) is 1. The summed E-state index contributed by atoms with van der Waals surface area (Å²) in [5.41, 5.74) is 3.60. The van der Waals surface area contributed by atoms with Crippen LogP contribution in [0, 0.1) is 12.8 Å². The molecule has 0 radical (unpaired) electrons. The maximum absolute atomic E-state index is 11.9. The number of pyridine rings is 1. The van der Waals surface area contributed by atoms with Gasteiger partial charge in [0.1, 0.15) is 12.1 Å². The van der Waals surface area contributed by atoms with Gasteiger partial charge in [-0.05, 0) is 31.9 Å². The summed E-state index contributed by atoms with van der Waals surface area (Å²) < 4.78 is 7.43. The molecule has 0 aromatic carbocycles. The summed E-state index contributed by atoms with van der Waals surface area (Å²) in [6.07, 6.45) is 5.20. The summed E-state index contributed by atoms with van der Waals surface area (Å²) in [7, 11) is 3.56. The number of ether oxygens (including phenoxy) is 1. The van der Waals surface area contributed by atoms with Crippen molar-refractivity contribution in [1.82, 2.24) is 19.5 Å². The average molecular weight is 337 g/mol. The Morgan fingerprint density at radius 2 is 2.08 bits per heavy atom. The first-order chi connectivity index (χ1) is 12.1. The van der Waals surface area contributed by atoms with Crippen molar-refractivity contribution in [2.45, 2.75) is 19.8 Å². The van der Waals surface area contributed by atoms with Gasteiger partial charge in [-0.25, -0.2) is 15.0 Å². The summed E-state index contributed by atoms with van der Waals surface area (Å²) >= 11 is 0. The second-order valence-electron chi connectivity index (χ2n) is 6.32. The second kappa shape index (κ2) is 5.84. The molecule has 1 saturated carbocycles. The van der Waals surface area contributed by atoms with Crippen molar-refractivity contribution in [3.8, 4) is 17.1 Å². The van der Waals surface area contributed by atoms with E-state index < -0.39 is 0 Å². The fourth-order valence-electron chi connectivity index (χ4n) is 3.02. The molecule has 3 aromatic rings. The quantitative estimate of drug-likeness (QED) is 0.791. The van der Waals surface area contributed by atoms with Crippen molar-refractivity contribution in [2.75, 3.05) is 12.4 Å². The second-order valence-corrected chi connectivity index (χ2v) is 6.32. The summed E-state index contributed by atoms with van der Waals surface area (Å²) in [6, 6.07) is 3.93. The van der Waals surface area contributed by atoms with E-state index in [1.807, 2.05) is 30.7 Å². The fraction of sp³-hybridized carbons (Fsp3) is 0.333. The van der Waals surface area contributed by atoms with E-state index in [4.69, 9.17) is 4.74 Å². The molecular formula is C18H19N5O2. The molecule has 0 spiro atoms. The number of hydrogen-bond acceptors (Lipinski definition) is 5. The normalized spacial score (nSPS) is 13.9. The average Bonchev–Trinajstić information content (AvgIpc) is 3.40. The number of fused-ring (bicyclic) bond motifs is 1. The number of carbonyl (C=O) groups excluding carboxylic acids is 1. The van der Waals surface area contributed by atoms with E-state index >= 15 is 0 Å². The van der Waals surface area contributed by atoms with Crippen molar-refractivity contribution < 1.29 is 9.53 Å². The number of aromatic nitrogens is 4. The van der Waals surface area contributed by atoms with Crippen molar-refractivity contribution in [3.63, 3.8) is 0 Å². The third-order valence-corrected chi connectivity index (χ3v) is 4.58. The van der Waals surface area contributed by atoms with E-state index in [9.17, 15) is 4.79 Å². The van der Waals surface area contributed by atoms with Gasteiger partial charge in [0.2, 0.25) is 11.8 Å². The highest BCUT2D eigenvalue weighted by atomic mass is 16.5. The number of anilines is 1. The molecule has 1 aliphatic carbocycles. The molecule has 0 bridgehead atoms. The Bertz CT molecular complexity index is 975. The number of nitrogens with zero attached hydrogens (tertiary/aromatic N) is 4. The molecule has 1 amide bonds. The minimum atomic E-state index is 0.0528. The molecule has 1 fully saturated rings. The van der Waals surface area contributed by atoms with Gasteiger partial charge in [-0.3, -0.25) is 4.79 Å². The predicted molar refractivity (Wildman–Crippen MR) is 94.4 cm³/mol. The molecule has 7 nitrogen and oxygen atoms in total. The van der Waals surface area contributed by atoms with Crippen LogP contribution in [0.4, 0.5) is 5.82 Å². The fourth-order valence-corrected chi connectivity index (χ4v) is 3.02. The maximum Gasteiger partial charge on any atom is 0.228 e. The van der Waals surface area contributed by atoms with E-state index in [2.05, 4.69) is 20.3 Å². The highest BCUT2D eigenvalue weighted by molar-refractivity contribution is 5.96. The lowest BCUT2D eigenvalue weighted by molar-refractivity contribution is -0.117. The summed E-state index contributed by atoms with van der Waals surface area (Å²) in [4.78, 5) is 24.8. The minimum Gasteiger partial charge on any atom is -0.480 e. The van der Waals surface area contributed by atoms with Gasteiger partial charge < -0.3 is 14.6 Å². The molecule has 7 heteroatoms. The number of methoxy groups -OCH3 is 1. The van der Waals surface area contributed by atoms with Gasteiger partial charge in [0.25, 0.3) is 0 Å². The van der Waals surface area contributed by atoms with Gasteiger partial charge in [-0.15, -0.1) is 0 Å². The van der Waals surface area contributed by atoms with Gasteiger partial charge in [0, 0.05) is 18.4 Å². The van der Waals surface area contributed by atoms with Crippen LogP contribution in [0.25, 0.3) is 22.2 Å². The highest BCUT2D eigenvalue weighted by Gasteiger charge is 2.29. The number of rotatable bonds is 4. The summed E-state index contributed by atoms with van der Waals surface area (Å²) in [5, 5.41) is 3.88. The molecule has 0 saturated heterocycles. The Labute approximate surface area is 145 Å². The topological polar surface area (TPSA) is 81.9 Å². The number of aryl methyl sites for hydroxylation is 2. The molecule has 4 rings (SSSR count). The third kappa shape index (κ3) is 2.71. The third-order valence-electron chi connectivity index (χ3n) is 4.58. The van der Waals surface area contributed by atoms with Crippen LogP contribution >= 0.6 is 0 Å². The molecule has 3 aromatic heterocycles. The number of carbonyl (C=O) groups is 1. The first kappa shape index (κ1) is 15.6. The van der Waals surface area contributed by atoms with Crippen LogP contribution in [-0.2, 0) is 11.8 Å². The van der Waals surface area contributed by atoms with Crippen LogP contribution < -0.4 is 10.1 Å². The van der Waals surface area contributed by atoms with Crippen LogP contribution in [0.1, 0.15) is 18.5 Å². The zero-order valence-electron chi connectivity index (χ0n) is 14.4. The smallest absolute Gasteiger partial charge is 0.228 e. The summed E-state index contributed by atoms with van der Waals surface area (Å²) in [6.45, 7) is 1.93. The zero-order valence-corrected chi connectivity index (χ0v) is 14.4. The van der Waals surface area contributed by atoms with Gasteiger partial charge in [0.15, 0.2) is 0 Å². The lowest BCUT2D eigenvalue weighted by Gasteiger charge is -2.10. The van der Waals surface area contributed by atoms with Crippen LogP contribution in [0.2, 0.25) is 0 Å². The van der Waals surface area contributed by atoms with Crippen LogP contribution in [0.3, 0.4) is 0 Å². The lowest BCUT2D eigenvalue weighted by atomic mass is 10.1. The molecule has 1 aliphatic rings. The van der Waals surface area contributed by atoms with Gasteiger partial charge in [-0.1, -0.05) is 0 Å². The van der Waals surface area contributed by atoms with Gasteiger partial charge in [-0.2, -0.15) is 0 Å². The minimum absolute atomic E-state index is 0.0528. The van der Waals surface area contributed by atoms with Gasteiger partial charge in [0.05, 0.1) is 35.8 Å². The molecule has 25 heavy (non-hydrogen) atoms. The first-order valence-electron chi connectivity index (χ1n) is 8.20. The van der Waals surface area contributed by atoms with Gasteiger partial charge >= 0.3 is 0 Å². The SMILES string of the molecule is COc1ncnc(C)c1-c1cc2cc(NC(=O)C3CC3)ncc2n1C. The summed E-state index contributed by atoms with van der Waals surface area (Å²) in [5.74, 6) is 1.32. The van der Waals surface area contributed by atoms with E-state index in [-0.39, 0.29) is 11.8 Å². The standard InChI is InChI=1S/C18H19N5O2/c1-10-16(18(25-3)21-9-20-10)13-6-12-7-15(19-8-14(12)23(13)2)22-17(24)11-4-5-11/h6-9,11H,4-5H2,1-3H3,(H,19,22,24). The Morgan fingerprint density at radius 1 is 1.28 bits per heavy atom. The molecule has 128 valence electrons. The number of nitrogens with one attached hydrogen (secondary N) is 1. The van der Waals surface area contributed by atoms with Crippen molar-refractivity contribution in [3.05, 3.63) is 30.4 Å². The van der Waals surface area contributed by atoms with E-state index in [1.54, 1.807) is 13.3 Å². The first-order valence-corrected chi connectivity index (χ1v) is 8.20. The van der Waals surface area contributed by atoms with Crippen molar-refractivity contribution >= 4 is 22.6 Å². The Kier molecular flexibility index (Phi) is 3.63. The molecular weight excluding hydrogens is 318 g/mol. The van der Waals surface area contributed by atoms with E-state index in [1.165, 1.54) is 6.33 Å². The van der Waals surface area contributed by atoms with E-state index in [0.717, 1.165) is 40.7 Å². The molecule has 0 unspecified atom stereocenters. The lowest BCUT2D eigenvalue weighted by Crippen LogP contribution is -2.14. The monoisotopic (exact) mass is 337 g/mol. The molecule has 0 aliphatic heterocycles. The largest absolute Gasteiger partial charge is 0.480 e. The predicted octanol–water partition coefficient (Wildman–Crippen LogP) is 2.70. The van der Waals surface area contributed by atoms with Crippen LogP contribution in [0.15, 0.2) is 24.7 Å². The number of amides is 1. The Balaban J connectivity index is 1.78. The molecule has 0 atom stereocenters. The highest BCUT2D eigenvalue weighted by Crippen LogP contribution is 2.34. The Hall–Kier alpha value is -2.96.